The van der Waals surface area contributed by atoms with Crippen LogP contribution >= 0.6 is 0 Å². The van der Waals surface area contributed by atoms with Crippen molar-refractivity contribution in [3.8, 4) is 0 Å². The predicted molar refractivity (Wildman–Crippen MR) is 208 cm³/mol. The van der Waals surface area contributed by atoms with Gasteiger partial charge in [0.1, 0.15) is 18.7 Å². The Kier molecular flexibility index (Phi) is 16.8. The molecule has 4 rings (SSSR count). The lowest BCUT2D eigenvalue weighted by Crippen LogP contribution is -2.58. The molecule has 0 bridgehead atoms. The number of primary amides is 1. The summed E-state index contributed by atoms with van der Waals surface area (Å²) in [6.07, 6.45) is 10.2. The molecule has 0 unspecified atom stereocenters. The number of rotatable bonds is 21. The van der Waals surface area contributed by atoms with Gasteiger partial charge in [-0.1, -0.05) is 113 Å². The van der Waals surface area contributed by atoms with Crippen LogP contribution in [0.4, 0.5) is 4.79 Å². The van der Waals surface area contributed by atoms with Crippen molar-refractivity contribution in [1.82, 2.24) is 25.9 Å². The monoisotopic (exact) mass is 742 g/mol. The molecule has 0 radical (unpaired) electrons. The summed E-state index contributed by atoms with van der Waals surface area (Å²) >= 11 is 0. The van der Waals surface area contributed by atoms with Crippen LogP contribution in [0.15, 0.2) is 85.8 Å². The van der Waals surface area contributed by atoms with E-state index in [0.717, 1.165) is 36.8 Å². The first-order chi connectivity index (χ1) is 26.0. The van der Waals surface area contributed by atoms with E-state index in [0.29, 0.717) is 24.5 Å². The Labute approximate surface area is 319 Å². The molecule has 1 aliphatic rings. The number of carbonyl (C=O) groups excluding carboxylic acids is 4. The minimum absolute atomic E-state index is 0.0627. The summed E-state index contributed by atoms with van der Waals surface area (Å²) in [6.45, 7) is 7.87. The number of ether oxygens (including phenoxy) is 1. The van der Waals surface area contributed by atoms with Crippen molar-refractivity contribution in [2.45, 2.75) is 102 Å². The summed E-state index contributed by atoms with van der Waals surface area (Å²) in [7, 11) is 0. The molecule has 1 aliphatic carbocycles. The highest BCUT2D eigenvalue weighted by Gasteiger charge is 2.34. The largest absolute Gasteiger partial charge is 0.449 e. The molecule has 2 aromatic carbocycles. The van der Waals surface area contributed by atoms with Gasteiger partial charge in [0.15, 0.2) is 0 Å². The lowest BCUT2D eigenvalue weighted by Gasteiger charge is -2.33. The number of aliphatic hydroxyl groups is 1. The third-order valence-corrected chi connectivity index (χ3v) is 10.4. The number of benzene rings is 2. The van der Waals surface area contributed by atoms with Crippen LogP contribution in [-0.4, -0.2) is 69.7 Å². The number of H-pyrrole nitrogens is 1. The molecular weight excluding hydrogens is 684 g/mol. The lowest BCUT2D eigenvalue weighted by atomic mass is 9.81. The van der Waals surface area contributed by atoms with Gasteiger partial charge in [-0.15, -0.1) is 6.58 Å². The minimum Gasteiger partial charge on any atom is -0.449 e. The van der Waals surface area contributed by atoms with E-state index in [4.69, 9.17) is 10.5 Å². The van der Waals surface area contributed by atoms with E-state index in [1.165, 1.54) is 12.7 Å². The molecule has 0 aliphatic heterocycles. The summed E-state index contributed by atoms with van der Waals surface area (Å²) in [5.74, 6) is -1.68. The van der Waals surface area contributed by atoms with Gasteiger partial charge >= 0.3 is 6.09 Å². The van der Waals surface area contributed by atoms with E-state index in [-0.39, 0.29) is 37.7 Å². The Morgan fingerprint density at radius 3 is 2.06 bits per heavy atom. The number of amides is 4. The van der Waals surface area contributed by atoms with Crippen molar-refractivity contribution < 1.29 is 29.0 Å². The summed E-state index contributed by atoms with van der Waals surface area (Å²) in [5, 5.41) is 20.5. The molecule has 0 spiro atoms. The third-order valence-electron chi connectivity index (χ3n) is 10.4. The zero-order chi connectivity index (χ0) is 38.9. The second kappa shape index (κ2) is 21.7. The first-order valence-corrected chi connectivity index (χ1v) is 19.2. The van der Waals surface area contributed by atoms with Gasteiger partial charge < -0.3 is 36.5 Å². The lowest BCUT2D eigenvalue weighted by molar-refractivity contribution is -0.134. The second-order valence-electron chi connectivity index (χ2n) is 14.9. The fourth-order valence-corrected chi connectivity index (χ4v) is 7.22. The number of aliphatic hydroxyl groups excluding tert-OH is 1. The highest BCUT2D eigenvalue weighted by molar-refractivity contribution is 5.93. The smallest absolute Gasteiger partial charge is 0.404 e. The van der Waals surface area contributed by atoms with Crippen molar-refractivity contribution in [3.63, 3.8) is 0 Å². The molecule has 54 heavy (non-hydrogen) atoms. The van der Waals surface area contributed by atoms with E-state index >= 15 is 0 Å². The van der Waals surface area contributed by atoms with Crippen molar-refractivity contribution in [3.05, 3.63) is 103 Å². The first-order valence-electron chi connectivity index (χ1n) is 19.2. The molecule has 7 N–H and O–H groups in total. The Morgan fingerprint density at radius 2 is 1.48 bits per heavy atom. The average molecular weight is 743 g/mol. The van der Waals surface area contributed by atoms with E-state index < -0.39 is 54.0 Å². The number of aromatic amines is 1. The standard InChI is InChI=1S/C42H58N6O6/c1-4-32(28(2)3)23-38(49)35(21-30-16-10-6-11-17-30)46-41(52)37(24-34-25-44-27-45-34)48-40(51)36(22-31-18-12-7-13-19-31)47-39(50)33(26-54-42(43)53)20-29-14-8-5-9-15-29/h4-5,7-9,12-15,18-19,25,27-28,30,32-33,35-38,49H,1,6,10-11,16-17,20-24,26H2,2-3H3,(H2,43,53)(H,44,45)(H,46,52)(H,47,50)(H,48,51)/t32-,33-,35-,36-,37-,38+/m0/s1. The number of nitrogens with two attached hydrogens (primary N) is 1. The zero-order valence-electron chi connectivity index (χ0n) is 31.6. The minimum atomic E-state index is -1.09. The molecule has 1 heterocycles. The maximum absolute atomic E-state index is 14.3. The summed E-state index contributed by atoms with van der Waals surface area (Å²) in [6, 6.07) is 15.8. The van der Waals surface area contributed by atoms with E-state index in [2.05, 4.69) is 46.3 Å². The molecule has 1 saturated carbocycles. The van der Waals surface area contributed by atoms with Gasteiger partial charge in [0, 0.05) is 24.7 Å². The number of nitrogens with one attached hydrogen (secondary N) is 4. The highest BCUT2D eigenvalue weighted by atomic mass is 16.5. The highest BCUT2D eigenvalue weighted by Crippen LogP contribution is 2.30. The van der Waals surface area contributed by atoms with Crippen LogP contribution in [-0.2, 0) is 38.4 Å². The number of aromatic nitrogens is 2. The number of hydrogen-bond donors (Lipinski definition) is 6. The average Bonchev–Trinajstić information content (AvgIpc) is 3.68. The van der Waals surface area contributed by atoms with Crippen molar-refractivity contribution in [1.29, 1.82) is 0 Å². The Morgan fingerprint density at radius 1 is 0.889 bits per heavy atom. The maximum Gasteiger partial charge on any atom is 0.404 e. The first kappa shape index (κ1) is 41.8. The Bertz CT molecular complexity index is 1600. The number of carbonyl (C=O) groups is 4. The maximum atomic E-state index is 14.3. The fraction of sp³-hybridized carbons (Fsp3) is 0.500. The number of hydrogen-bond acceptors (Lipinski definition) is 7. The number of imidazole rings is 1. The van der Waals surface area contributed by atoms with Gasteiger partial charge in [-0.3, -0.25) is 14.4 Å². The molecule has 12 nitrogen and oxygen atoms in total. The molecule has 0 saturated heterocycles. The SMILES string of the molecule is C=C[C@@H](C[C@@H](O)[C@H](CC1CCCCC1)NC(=O)[C@H](Cc1cnc[nH]1)NC(=O)[C@H](Cc1ccccc1)NC(=O)[C@H](COC(N)=O)Cc1ccccc1)C(C)C. The van der Waals surface area contributed by atoms with Crippen molar-refractivity contribution in [2.75, 3.05) is 6.61 Å². The summed E-state index contributed by atoms with van der Waals surface area (Å²) in [4.78, 5) is 61.1. The fourth-order valence-electron chi connectivity index (χ4n) is 7.22. The molecule has 3 aromatic rings. The van der Waals surface area contributed by atoms with Crippen LogP contribution in [0.25, 0.3) is 0 Å². The van der Waals surface area contributed by atoms with Crippen LogP contribution < -0.4 is 21.7 Å². The van der Waals surface area contributed by atoms with Crippen molar-refractivity contribution >= 4 is 23.8 Å². The third kappa shape index (κ3) is 13.8. The predicted octanol–water partition coefficient (Wildman–Crippen LogP) is 4.78. The molecule has 6 atom stereocenters. The molecule has 1 aromatic heterocycles. The van der Waals surface area contributed by atoms with Crippen LogP contribution in [0.3, 0.4) is 0 Å². The van der Waals surface area contributed by atoms with E-state index in [1.807, 2.05) is 66.7 Å². The summed E-state index contributed by atoms with van der Waals surface area (Å²) < 4.78 is 5.06. The van der Waals surface area contributed by atoms with Crippen LogP contribution in [0.2, 0.25) is 0 Å². The van der Waals surface area contributed by atoms with Gasteiger partial charge in [-0.25, -0.2) is 9.78 Å². The molecule has 12 heteroatoms. The number of allylic oxidation sites excluding steroid dienone is 1. The van der Waals surface area contributed by atoms with E-state index in [9.17, 15) is 24.3 Å². The van der Waals surface area contributed by atoms with Gasteiger partial charge in [0.25, 0.3) is 0 Å². The number of nitrogens with zero attached hydrogens (tertiary/aromatic N) is 1. The molecular formula is C42H58N6O6. The molecule has 1 fully saturated rings. The Hall–Kier alpha value is -4.97. The van der Waals surface area contributed by atoms with Gasteiger partial charge in [-0.2, -0.15) is 0 Å². The quantitative estimate of drug-likeness (QED) is 0.0847. The topological polar surface area (TPSA) is 189 Å². The van der Waals surface area contributed by atoms with Gasteiger partial charge in [0.05, 0.1) is 24.4 Å². The van der Waals surface area contributed by atoms with Crippen molar-refractivity contribution in [2.24, 2.45) is 29.4 Å². The van der Waals surface area contributed by atoms with Gasteiger partial charge in [-0.05, 0) is 48.1 Å². The zero-order valence-corrected chi connectivity index (χ0v) is 31.6. The molecule has 292 valence electrons. The Balaban J connectivity index is 1.58. The van der Waals surface area contributed by atoms with Crippen LogP contribution in [0.1, 0.15) is 75.6 Å². The normalized spacial score (nSPS) is 16.6. The molecule has 4 amide bonds. The van der Waals surface area contributed by atoms with E-state index in [1.54, 1.807) is 6.20 Å². The second-order valence-corrected chi connectivity index (χ2v) is 14.9. The van der Waals surface area contributed by atoms with Crippen LogP contribution in [0.5, 0.6) is 0 Å². The van der Waals surface area contributed by atoms with Crippen LogP contribution in [0, 0.1) is 23.7 Å². The summed E-state index contributed by atoms with van der Waals surface area (Å²) in [5.41, 5.74) is 7.50. The van der Waals surface area contributed by atoms with Gasteiger partial charge in [0.2, 0.25) is 17.7 Å².